The summed E-state index contributed by atoms with van der Waals surface area (Å²) in [6.07, 6.45) is 2.51. The maximum absolute atomic E-state index is 9.68. The summed E-state index contributed by atoms with van der Waals surface area (Å²) in [6, 6.07) is 0. The molecule has 1 aromatic rings. The Balaban J connectivity index is 2.42. The highest BCUT2D eigenvalue weighted by Gasteiger charge is 2.22. The molecule has 0 bridgehead atoms. The molecular formula is C9H14ClN3O. The zero-order valence-electron chi connectivity index (χ0n) is 7.91. The topological polar surface area (TPSA) is 64.1 Å². The van der Waals surface area contributed by atoms with Gasteiger partial charge >= 0.3 is 0 Å². The van der Waals surface area contributed by atoms with Gasteiger partial charge in [0.2, 0.25) is 0 Å². The number of aliphatic hydroxyl groups excluding tert-OH is 1. The van der Waals surface area contributed by atoms with Gasteiger partial charge in [0.15, 0.2) is 5.15 Å². The molecule has 1 atom stereocenters. The van der Waals surface area contributed by atoms with Gasteiger partial charge in [-0.1, -0.05) is 11.6 Å². The highest BCUT2D eigenvalue weighted by molar-refractivity contribution is 6.30. The Morgan fingerprint density at radius 3 is 3.07 bits per heavy atom. The lowest BCUT2D eigenvalue weighted by atomic mass is 10.1. The van der Waals surface area contributed by atoms with Gasteiger partial charge in [-0.2, -0.15) is 0 Å². The van der Waals surface area contributed by atoms with E-state index in [0.717, 1.165) is 31.6 Å². The Bertz CT molecular complexity index is 337. The number of rotatable bonds is 2. The van der Waals surface area contributed by atoms with Crippen LogP contribution in [0.1, 0.15) is 30.5 Å². The van der Waals surface area contributed by atoms with Crippen molar-refractivity contribution in [3.05, 3.63) is 16.7 Å². The van der Waals surface area contributed by atoms with Crippen LogP contribution in [0.15, 0.2) is 0 Å². The molecule has 0 aliphatic carbocycles. The van der Waals surface area contributed by atoms with E-state index >= 15 is 0 Å². The molecule has 0 saturated carbocycles. The molecule has 0 spiro atoms. The van der Waals surface area contributed by atoms with Crippen molar-refractivity contribution in [1.82, 2.24) is 9.55 Å². The molecule has 1 aliphatic rings. The second kappa shape index (κ2) is 3.88. The predicted octanol–water partition coefficient (Wildman–Crippen LogP) is 0.865. The summed E-state index contributed by atoms with van der Waals surface area (Å²) in [5.41, 5.74) is 6.10. The fraction of sp³-hybridized carbons (Fsp3) is 0.667. The predicted molar refractivity (Wildman–Crippen MR) is 54.2 cm³/mol. The second-order valence-electron chi connectivity index (χ2n) is 3.56. The summed E-state index contributed by atoms with van der Waals surface area (Å²) in [6.45, 7) is 1.08. The molecule has 1 aromatic heterocycles. The van der Waals surface area contributed by atoms with E-state index in [4.69, 9.17) is 17.3 Å². The number of imidazole rings is 1. The van der Waals surface area contributed by atoms with Crippen LogP contribution in [0.4, 0.5) is 0 Å². The van der Waals surface area contributed by atoms with Crippen LogP contribution in [-0.4, -0.2) is 21.2 Å². The summed E-state index contributed by atoms with van der Waals surface area (Å²) in [5, 5.41) is 10.1. The molecule has 0 saturated heterocycles. The van der Waals surface area contributed by atoms with Gasteiger partial charge in [0.1, 0.15) is 11.9 Å². The molecule has 4 nitrogen and oxygen atoms in total. The summed E-state index contributed by atoms with van der Waals surface area (Å²) in [4.78, 5) is 4.23. The fourth-order valence-electron chi connectivity index (χ4n) is 1.90. The van der Waals surface area contributed by atoms with Crippen LogP contribution < -0.4 is 5.73 Å². The van der Waals surface area contributed by atoms with Crippen molar-refractivity contribution < 1.29 is 5.11 Å². The molecule has 0 radical (unpaired) electrons. The van der Waals surface area contributed by atoms with Gasteiger partial charge in [-0.25, -0.2) is 4.98 Å². The standard InChI is InChI=1S/C9H14ClN3O/c10-9-8(6(14)5-11)13-4-2-1-3-7(13)12-9/h6,14H,1-5,11H2. The summed E-state index contributed by atoms with van der Waals surface area (Å²) in [5.74, 6) is 0.976. The Hall–Kier alpha value is -0.580. The first-order chi connectivity index (χ1) is 6.74. The normalized spacial score (nSPS) is 17.9. The molecule has 3 N–H and O–H groups in total. The lowest BCUT2D eigenvalue weighted by molar-refractivity contribution is 0.175. The molecule has 2 heterocycles. The molecular weight excluding hydrogens is 202 g/mol. The van der Waals surface area contributed by atoms with Crippen molar-refractivity contribution in [3.63, 3.8) is 0 Å². The van der Waals surface area contributed by atoms with Crippen LogP contribution in [0.25, 0.3) is 0 Å². The largest absolute Gasteiger partial charge is 0.385 e. The van der Waals surface area contributed by atoms with Gasteiger partial charge in [-0.05, 0) is 12.8 Å². The molecule has 5 heteroatoms. The van der Waals surface area contributed by atoms with Crippen molar-refractivity contribution >= 4 is 11.6 Å². The summed E-state index contributed by atoms with van der Waals surface area (Å²) < 4.78 is 2.00. The smallest absolute Gasteiger partial charge is 0.153 e. The Labute approximate surface area is 87.7 Å². The van der Waals surface area contributed by atoms with Crippen molar-refractivity contribution in [1.29, 1.82) is 0 Å². The molecule has 0 amide bonds. The Morgan fingerprint density at radius 2 is 2.36 bits per heavy atom. The quantitative estimate of drug-likeness (QED) is 0.770. The van der Waals surface area contributed by atoms with Crippen LogP contribution in [0.5, 0.6) is 0 Å². The second-order valence-corrected chi connectivity index (χ2v) is 3.92. The highest BCUT2D eigenvalue weighted by atomic mass is 35.5. The average molecular weight is 216 g/mol. The van der Waals surface area contributed by atoms with Gasteiger partial charge in [-0.15, -0.1) is 0 Å². The fourth-order valence-corrected chi connectivity index (χ4v) is 2.23. The van der Waals surface area contributed by atoms with Gasteiger partial charge in [-0.3, -0.25) is 0 Å². The van der Waals surface area contributed by atoms with Crippen LogP contribution in [0.3, 0.4) is 0 Å². The highest BCUT2D eigenvalue weighted by Crippen LogP contribution is 2.27. The maximum Gasteiger partial charge on any atom is 0.153 e. The van der Waals surface area contributed by atoms with Crippen molar-refractivity contribution in [2.24, 2.45) is 5.73 Å². The number of fused-ring (bicyclic) bond motifs is 1. The number of aliphatic hydroxyl groups is 1. The maximum atomic E-state index is 9.68. The van der Waals surface area contributed by atoms with Crippen LogP contribution >= 0.6 is 11.6 Å². The monoisotopic (exact) mass is 215 g/mol. The third-order valence-electron chi connectivity index (χ3n) is 2.61. The van der Waals surface area contributed by atoms with E-state index in [1.807, 2.05) is 4.57 Å². The van der Waals surface area contributed by atoms with Gasteiger partial charge in [0, 0.05) is 19.5 Å². The van der Waals surface area contributed by atoms with E-state index in [9.17, 15) is 5.11 Å². The summed E-state index contributed by atoms with van der Waals surface area (Å²) in [7, 11) is 0. The zero-order chi connectivity index (χ0) is 10.1. The minimum atomic E-state index is -0.693. The first kappa shape index (κ1) is 9.96. The molecule has 1 unspecified atom stereocenters. The molecule has 0 aromatic carbocycles. The first-order valence-corrected chi connectivity index (χ1v) is 5.24. The van der Waals surface area contributed by atoms with Crippen LogP contribution in [0, 0.1) is 0 Å². The molecule has 1 aliphatic heterocycles. The van der Waals surface area contributed by atoms with Crippen LogP contribution in [-0.2, 0) is 13.0 Å². The van der Waals surface area contributed by atoms with E-state index in [2.05, 4.69) is 4.98 Å². The number of hydrogen-bond donors (Lipinski definition) is 2. The molecule has 0 fully saturated rings. The van der Waals surface area contributed by atoms with Crippen molar-refractivity contribution in [3.8, 4) is 0 Å². The van der Waals surface area contributed by atoms with E-state index in [0.29, 0.717) is 10.8 Å². The summed E-state index contributed by atoms with van der Waals surface area (Å²) >= 11 is 5.96. The minimum Gasteiger partial charge on any atom is -0.385 e. The van der Waals surface area contributed by atoms with Crippen molar-refractivity contribution in [2.45, 2.75) is 31.9 Å². The SMILES string of the molecule is NCC(O)c1c(Cl)nc2n1CCCC2. The van der Waals surface area contributed by atoms with Crippen molar-refractivity contribution in [2.75, 3.05) is 6.54 Å². The van der Waals surface area contributed by atoms with E-state index in [1.54, 1.807) is 0 Å². The number of nitrogens with zero attached hydrogens (tertiary/aromatic N) is 2. The minimum absolute atomic E-state index is 0.185. The third kappa shape index (κ3) is 1.54. The Morgan fingerprint density at radius 1 is 1.57 bits per heavy atom. The number of halogens is 1. The molecule has 14 heavy (non-hydrogen) atoms. The Kier molecular flexibility index (Phi) is 2.76. The number of hydrogen-bond acceptors (Lipinski definition) is 3. The lowest BCUT2D eigenvalue weighted by Crippen LogP contribution is -2.19. The molecule has 2 rings (SSSR count). The van der Waals surface area contributed by atoms with Gasteiger partial charge in [0.05, 0.1) is 5.69 Å². The zero-order valence-corrected chi connectivity index (χ0v) is 8.67. The number of nitrogens with two attached hydrogens (primary N) is 1. The lowest BCUT2D eigenvalue weighted by Gasteiger charge is -2.18. The van der Waals surface area contributed by atoms with Gasteiger partial charge < -0.3 is 15.4 Å². The van der Waals surface area contributed by atoms with E-state index in [1.165, 1.54) is 0 Å². The average Bonchev–Trinajstić information content (AvgIpc) is 2.53. The number of aryl methyl sites for hydroxylation is 1. The van der Waals surface area contributed by atoms with E-state index < -0.39 is 6.10 Å². The molecule has 78 valence electrons. The first-order valence-electron chi connectivity index (χ1n) is 4.87. The van der Waals surface area contributed by atoms with Gasteiger partial charge in [0.25, 0.3) is 0 Å². The van der Waals surface area contributed by atoms with E-state index in [-0.39, 0.29) is 6.54 Å². The number of aromatic nitrogens is 2. The van der Waals surface area contributed by atoms with Crippen LogP contribution in [0.2, 0.25) is 5.15 Å². The third-order valence-corrected chi connectivity index (χ3v) is 2.89.